The lowest BCUT2D eigenvalue weighted by molar-refractivity contribution is 0.0866. The number of fused-ring (bicyclic) bond motifs is 1. The van der Waals surface area contributed by atoms with Crippen LogP contribution in [0.3, 0.4) is 0 Å². The SMILES string of the molecule is CCC1OCCC1CNC1CCc2cccnc21. The summed E-state index contributed by atoms with van der Waals surface area (Å²) in [6.45, 7) is 4.22. The number of rotatable bonds is 4. The van der Waals surface area contributed by atoms with Crippen molar-refractivity contribution in [3.05, 3.63) is 29.6 Å². The van der Waals surface area contributed by atoms with E-state index in [2.05, 4.69) is 23.3 Å². The Morgan fingerprint density at radius 1 is 1.44 bits per heavy atom. The Balaban J connectivity index is 1.58. The predicted molar refractivity (Wildman–Crippen MR) is 71.4 cm³/mol. The van der Waals surface area contributed by atoms with Gasteiger partial charge in [-0.3, -0.25) is 4.98 Å². The molecule has 0 saturated carbocycles. The van der Waals surface area contributed by atoms with Gasteiger partial charge < -0.3 is 10.1 Å². The molecule has 0 aromatic carbocycles. The van der Waals surface area contributed by atoms with E-state index in [1.807, 2.05) is 12.3 Å². The van der Waals surface area contributed by atoms with Crippen LogP contribution in [0.2, 0.25) is 0 Å². The van der Waals surface area contributed by atoms with Gasteiger partial charge in [0.2, 0.25) is 0 Å². The van der Waals surface area contributed by atoms with Crippen LogP contribution in [0, 0.1) is 5.92 Å². The van der Waals surface area contributed by atoms with Gasteiger partial charge in [0.05, 0.1) is 17.8 Å². The van der Waals surface area contributed by atoms with E-state index in [-0.39, 0.29) is 0 Å². The molecule has 3 nitrogen and oxygen atoms in total. The number of pyridine rings is 1. The molecule has 1 fully saturated rings. The van der Waals surface area contributed by atoms with E-state index in [9.17, 15) is 0 Å². The van der Waals surface area contributed by atoms with E-state index in [1.165, 1.54) is 30.5 Å². The van der Waals surface area contributed by atoms with E-state index in [4.69, 9.17) is 4.74 Å². The van der Waals surface area contributed by atoms with E-state index >= 15 is 0 Å². The summed E-state index contributed by atoms with van der Waals surface area (Å²) in [5.74, 6) is 0.683. The molecule has 18 heavy (non-hydrogen) atoms. The zero-order valence-electron chi connectivity index (χ0n) is 11.1. The maximum Gasteiger partial charge on any atom is 0.0613 e. The maximum absolute atomic E-state index is 5.74. The summed E-state index contributed by atoms with van der Waals surface area (Å²) in [7, 11) is 0. The van der Waals surface area contributed by atoms with Crippen LogP contribution in [-0.2, 0) is 11.2 Å². The quantitative estimate of drug-likeness (QED) is 0.886. The number of nitrogens with zero attached hydrogens (tertiary/aromatic N) is 1. The predicted octanol–water partition coefficient (Wildman–Crippen LogP) is 2.47. The van der Waals surface area contributed by atoms with E-state index in [0.717, 1.165) is 19.6 Å². The summed E-state index contributed by atoms with van der Waals surface area (Å²) in [5.41, 5.74) is 2.69. The Morgan fingerprint density at radius 3 is 3.28 bits per heavy atom. The molecule has 3 unspecified atom stereocenters. The van der Waals surface area contributed by atoms with Crippen molar-refractivity contribution in [2.45, 2.75) is 44.8 Å². The molecule has 1 aromatic rings. The highest BCUT2D eigenvalue weighted by Gasteiger charge is 2.29. The van der Waals surface area contributed by atoms with Crippen LogP contribution in [0.1, 0.15) is 43.5 Å². The molecule has 1 aliphatic carbocycles. The van der Waals surface area contributed by atoms with Gasteiger partial charge in [0.1, 0.15) is 0 Å². The summed E-state index contributed by atoms with van der Waals surface area (Å²) in [6.07, 6.45) is 7.06. The largest absolute Gasteiger partial charge is 0.378 e. The van der Waals surface area contributed by atoms with E-state index in [1.54, 1.807) is 0 Å². The van der Waals surface area contributed by atoms with Crippen molar-refractivity contribution in [2.75, 3.05) is 13.2 Å². The van der Waals surface area contributed by atoms with Crippen LogP contribution in [0.25, 0.3) is 0 Å². The smallest absolute Gasteiger partial charge is 0.0613 e. The lowest BCUT2D eigenvalue weighted by atomic mass is 9.99. The molecule has 2 heterocycles. The fraction of sp³-hybridized carbons (Fsp3) is 0.667. The molecular formula is C15H22N2O. The van der Waals surface area contributed by atoms with E-state index < -0.39 is 0 Å². The number of aryl methyl sites for hydroxylation is 1. The molecule has 1 aromatic heterocycles. The van der Waals surface area contributed by atoms with Gasteiger partial charge >= 0.3 is 0 Å². The van der Waals surface area contributed by atoms with Crippen molar-refractivity contribution in [1.29, 1.82) is 0 Å². The van der Waals surface area contributed by atoms with Crippen LogP contribution < -0.4 is 5.32 Å². The molecule has 0 radical (unpaired) electrons. The second-order valence-electron chi connectivity index (χ2n) is 5.41. The van der Waals surface area contributed by atoms with Crippen molar-refractivity contribution < 1.29 is 4.74 Å². The first-order valence-corrected chi connectivity index (χ1v) is 7.17. The molecule has 3 atom stereocenters. The first-order chi connectivity index (χ1) is 8.88. The number of aromatic nitrogens is 1. The summed E-state index contributed by atoms with van der Waals surface area (Å²) in [5, 5.41) is 3.70. The number of hydrogen-bond donors (Lipinski definition) is 1. The van der Waals surface area contributed by atoms with Gasteiger partial charge in [0, 0.05) is 19.3 Å². The lowest BCUT2D eigenvalue weighted by Gasteiger charge is -2.20. The third-order valence-electron chi connectivity index (χ3n) is 4.33. The van der Waals surface area contributed by atoms with Gasteiger partial charge in [-0.2, -0.15) is 0 Å². The Hall–Kier alpha value is -0.930. The number of ether oxygens (including phenoxy) is 1. The second-order valence-corrected chi connectivity index (χ2v) is 5.41. The fourth-order valence-corrected chi connectivity index (χ4v) is 3.28. The minimum Gasteiger partial charge on any atom is -0.378 e. The molecule has 1 N–H and O–H groups in total. The molecule has 1 saturated heterocycles. The molecule has 0 spiro atoms. The van der Waals surface area contributed by atoms with Crippen molar-refractivity contribution in [1.82, 2.24) is 10.3 Å². The minimum atomic E-state index is 0.458. The third kappa shape index (κ3) is 2.29. The standard InChI is InChI=1S/C15H22N2O/c1-2-14-12(7-9-18-14)10-17-13-6-5-11-4-3-8-16-15(11)13/h3-4,8,12-14,17H,2,5-7,9-10H2,1H3. The van der Waals surface area contributed by atoms with Crippen molar-refractivity contribution in [3.8, 4) is 0 Å². The molecular weight excluding hydrogens is 224 g/mol. The summed E-state index contributed by atoms with van der Waals surface area (Å²) in [6, 6.07) is 4.70. The Labute approximate surface area is 109 Å². The molecule has 98 valence electrons. The van der Waals surface area contributed by atoms with Crippen molar-refractivity contribution in [3.63, 3.8) is 0 Å². The van der Waals surface area contributed by atoms with Crippen LogP contribution in [0.5, 0.6) is 0 Å². The number of hydrogen-bond acceptors (Lipinski definition) is 3. The Kier molecular flexibility index (Phi) is 3.62. The van der Waals surface area contributed by atoms with Gasteiger partial charge in [-0.05, 0) is 43.2 Å². The molecule has 0 bridgehead atoms. The summed E-state index contributed by atoms with van der Waals surface area (Å²) < 4.78 is 5.74. The first-order valence-electron chi connectivity index (χ1n) is 7.17. The highest BCUT2D eigenvalue weighted by Crippen LogP contribution is 2.30. The zero-order valence-corrected chi connectivity index (χ0v) is 11.1. The van der Waals surface area contributed by atoms with Gasteiger partial charge in [-0.1, -0.05) is 13.0 Å². The fourth-order valence-electron chi connectivity index (χ4n) is 3.28. The third-order valence-corrected chi connectivity index (χ3v) is 4.33. The van der Waals surface area contributed by atoms with E-state index in [0.29, 0.717) is 18.1 Å². The molecule has 1 aliphatic heterocycles. The van der Waals surface area contributed by atoms with Gasteiger partial charge in [-0.25, -0.2) is 0 Å². The average molecular weight is 246 g/mol. The Morgan fingerprint density at radius 2 is 2.39 bits per heavy atom. The monoisotopic (exact) mass is 246 g/mol. The topological polar surface area (TPSA) is 34.1 Å². The summed E-state index contributed by atoms with van der Waals surface area (Å²) >= 11 is 0. The molecule has 0 amide bonds. The van der Waals surface area contributed by atoms with Crippen molar-refractivity contribution >= 4 is 0 Å². The van der Waals surface area contributed by atoms with Gasteiger partial charge in [0.15, 0.2) is 0 Å². The number of nitrogens with one attached hydrogen (secondary N) is 1. The van der Waals surface area contributed by atoms with Gasteiger partial charge in [-0.15, -0.1) is 0 Å². The van der Waals surface area contributed by atoms with Crippen LogP contribution in [-0.4, -0.2) is 24.2 Å². The maximum atomic E-state index is 5.74. The zero-order chi connectivity index (χ0) is 12.4. The first kappa shape index (κ1) is 12.1. The average Bonchev–Trinajstić information content (AvgIpc) is 3.02. The normalized spacial score (nSPS) is 30.6. The van der Waals surface area contributed by atoms with Crippen molar-refractivity contribution in [2.24, 2.45) is 5.92 Å². The molecule has 2 aliphatic rings. The van der Waals surface area contributed by atoms with Crippen LogP contribution in [0.15, 0.2) is 18.3 Å². The Bertz CT molecular complexity index is 407. The molecule has 3 rings (SSSR count). The van der Waals surface area contributed by atoms with Crippen LogP contribution in [0.4, 0.5) is 0 Å². The van der Waals surface area contributed by atoms with Crippen LogP contribution >= 0.6 is 0 Å². The summed E-state index contributed by atoms with van der Waals surface area (Å²) in [4.78, 5) is 4.53. The minimum absolute atomic E-state index is 0.458. The highest BCUT2D eigenvalue weighted by atomic mass is 16.5. The lowest BCUT2D eigenvalue weighted by Crippen LogP contribution is -2.30. The highest BCUT2D eigenvalue weighted by molar-refractivity contribution is 5.27. The van der Waals surface area contributed by atoms with Gasteiger partial charge in [0.25, 0.3) is 0 Å². The second kappa shape index (κ2) is 5.37. The molecule has 3 heteroatoms.